The predicted octanol–water partition coefficient (Wildman–Crippen LogP) is 4.81. The molecule has 1 aromatic carbocycles. The Balaban J connectivity index is 0.00000135. The zero-order chi connectivity index (χ0) is 14.8. The first-order chi connectivity index (χ1) is 10.8. The number of hydrogen-bond acceptors (Lipinski definition) is 1. The van der Waals surface area contributed by atoms with Crippen LogP contribution in [0.2, 0.25) is 0 Å². The van der Waals surface area contributed by atoms with E-state index in [2.05, 4.69) is 48.0 Å². The Labute approximate surface area is 140 Å². The van der Waals surface area contributed by atoms with Crippen LogP contribution < -0.4 is 0 Å². The van der Waals surface area contributed by atoms with Gasteiger partial charge in [-0.25, -0.2) is 0 Å². The van der Waals surface area contributed by atoms with Gasteiger partial charge in [0.1, 0.15) is 0 Å². The van der Waals surface area contributed by atoms with E-state index in [0.717, 1.165) is 29.7 Å². The number of piperidine rings is 2. The van der Waals surface area contributed by atoms with Crippen molar-refractivity contribution >= 4 is 10.9 Å². The van der Waals surface area contributed by atoms with Crippen LogP contribution in [-0.2, 0) is 6.42 Å². The van der Waals surface area contributed by atoms with Crippen molar-refractivity contribution in [3.8, 4) is 0 Å². The van der Waals surface area contributed by atoms with Gasteiger partial charge in [-0.15, -0.1) is 0 Å². The van der Waals surface area contributed by atoms with E-state index in [0.29, 0.717) is 0 Å². The molecule has 0 amide bonds. The van der Waals surface area contributed by atoms with E-state index in [1.54, 1.807) is 11.3 Å². The number of benzene rings is 1. The number of H-pyrrole nitrogens is 1. The zero-order valence-electron chi connectivity index (χ0n) is 13.7. The van der Waals surface area contributed by atoms with Crippen molar-refractivity contribution in [3.63, 3.8) is 0 Å². The number of nitrogens with one attached hydrogen (secondary N) is 1. The molecule has 3 fully saturated rings. The number of fused-ring (bicyclic) bond motifs is 4. The summed E-state index contributed by atoms with van der Waals surface area (Å²) in [7, 11) is 0. The molecule has 4 aliphatic rings. The Bertz CT molecular complexity index is 716. The molecule has 23 heavy (non-hydrogen) atoms. The quantitative estimate of drug-likeness (QED) is 0.801. The fourth-order valence-electron chi connectivity index (χ4n) is 6.03. The molecule has 6 unspecified atom stereocenters. The van der Waals surface area contributed by atoms with E-state index < -0.39 is 0 Å². The van der Waals surface area contributed by atoms with E-state index in [9.17, 15) is 0 Å². The predicted molar refractivity (Wildman–Crippen MR) is 97.9 cm³/mol. The van der Waals surface area contributed by atoms with E-state index in [1.165, 1.54) is 43.3 Å². The van der Waals surface area contributed by atoms with Gasteiger partial charge < -0.3 is 4.98 Å². The van der Waals surface area contributed by atoms with Gasteiger partial charge in [0.2, 0.25) is 0 Å². The summed E-state index contributed by atoms with van der Waals surface area (Å²) < 4.78 is 0. The van der Waals surface area contributed by atoms with Crippen molar-refractivity contribution in [2.75, 3.05) is 13.1 Å². The maximum atomic E-state index is 3.83. The minimum absolute atomic E-state index is 0. The van der Waals surface area contributed by atoms with E-state index >= 15 is 0 Å². The third-order valence-electron chi connectivity index (χ3n) is 7.06. The molecule has 124 valence electrons. The summed E-state index contributed by atoms with van der Waals surface area (Å²) in [4.78, 5) is 6.67. The molecule has 0 spiro atoms. The summed E-state index contributed by atoms with van der Waals surface area (Å²) >= 11 is 0. The number of aromatic nitrogens is 1. The van der Waals surface area contributed by atoms with Crippen LogP contribution in [0.1, 0.15) is 51.3 Å². The van der Waals surface area contributed by atoms with E-state index in [1.807, 2.05) is 0 Å². The molecule has 1 aromatic heterocycles. The molecule has 1 saturated carbocycles. The standard InChI is InChI=1S/C20H26N2.CH4/c1-3-14-12(2)13-10-17-19-16(8-9-22(11-13)20(14)17)15-6-4-5-7-18(15)21-19;/h4-7,12-14,17,20-21H,3,8-11H2,1-2H3;1H4. The molecule has 4 heterocycles. The third kappa shape index (κ3) is 1.97. The number of para-hydroxylation sites is 1. The minimum atomic E-state index is 0. The SMILES string of the molecule is C.CCC1C(C)C2CC3c4[nH]c5ccccc5c4CCN(C2)C31. The minimum Gasteiger partial charge on any atom is -0.358 e. The van der Waals surface area contributed by atoms with Gasteiger partial charge in [-0.05, 0) is 42.2 Å². The van der Waals surface area contributed by atoms with Crippen molar-refractivity contribution < 1.29 is 0 Å². The maximum absolute atomic E-state index is 3.83. The Kier molecular flexibility index (Phi) is 3.57. The zero-order valence-corrected chi connectivity index (χ0v) is 13.7. The Morgan fingerprint density at radius 1 is 1.26 bits per heavy atom. The smallest absolute Gasteiger partial charge is 0.0459 e. The molecule has 1 aliphatic carbocycles. The van der Waals surface area contributed by atoms with Gasteiger partial charge in [-0.3, -0.25) is 4.90 Å². The Hall–Kier alpha value is -1.28. The van der Waals surface area contributed by atoms with Gasteiger partial charge in [0, 0.05) is 41.6 Å². The molecule has 1 N–H and O–H groups in total. The largest absolute Gasteiger partial charge is 0.358 e. The number of aromatic amines is 1. The highest BCUT2D eigenvalue weighted by molar-refractivity contribution is 5.85. The molecule has 2 saturated heterocycles. The second-order valence-corrected chi connectivity index (χ2v) is 7.83. The number of rotatable bonds is 1. The van der Waals surface area contributed by atoms with Gasteiger partial charge in [0.05, 0.1) is 0 Å². The molecule has 6 atom stereocenters. The Morgan fingerprint density at radius 2 is 2.09 bits per heavy atom. The average molecular weight is 310 g/mol. The monoisotopic (exact) mass is 310 g/mol. The van der Waals surface area contributed by atoms with Crippen LogP contribution >= 0.6 is 0 Å². The fourth-order valence-corrected chi connectivity index (χ4v) is 6.03. The molecular weight excluding hydrogens is 280 g/mol. The van der Waals surface area contributed by atoms with Gasteiger partial charge in [0.25, 0.3) is 0 Å². The lowest BCUT2D eigenvalue weighted by Crippen LogP contribution is -2.59. The molecule has 2 aromatic rings. The van der Waals surface area contributed by atoms with E-state index in [-0.39, 0.29) is 7.43 Å². The average Bonchev–Trinajstić information content (AvgIpc) is 2.88. The summed E-state index contributed by atoms with van der Waals surface area (Å²) in [5.74, 6) is 3.44. The lowest BCUT2D eigenvalue weighted by Gasteiger charge is -2.56. The number of nitrogens with zero attached hydrogens (tertiary/aromatic N) is 1. The summed E-state index contributed by atoms with van der Waals surface area (Å²) in [6.07, 6.45) is 3.97. The first-order valence-corrected chi connectivity index (χ1v) is 9.11. The fraction of sp³-hybridized carbons (Fsp3) is 0.619. The lowest BCUT2D eigenvalue weighted by molar-refractivity contribution is -0.0540. The highest BCUT2D eigenvalue weighted by atomic mass is 15.2. The van der Waals surface area contributed by atoms with Crippen molar-refractivity contribution in [2.45, 2.75) is 52.5 Å². The lowest BCUT2D eigenvalue weighted by atomic mass is 9.60. The third-order valence-corrected chi connectivity index (χ3v) is 7.06. The summed E-state index contributed by atoms with van der Waals surface area (Å²) in [5.41, 5.74) is 4.56. The Morgan fingerprint density at radius 3 is 2.91 bits per heavy atom. The normalized spacial score (nSPS) is 38.0. The summed E-state index contributed by atoms with van der Waals surface area (Å²) in [5, 5.41) is 1.48. The molecule has 3 aliphatic heterocycles. The highest BCUT2D eigenvalue weighted by Gasteiger charge is 2.51. The second-order valence-electron chi connectivity index (χ2n) is 7.83. The van der Waals surface area contributed by atoms with Crippen LogP contribution in [0.3, 0.4) is 0 Å². The van der Waals surface area contributed by atoms with Crippen LogP contribution in [0.5, 0.6) is 0 Å². The van der Waals surface area contributed by atoms with Gasteiger partial charge in [0.15, 0.2) is 0 Å². The van der Waals surface area contributed by atoms with Crippen LogP contribution in [0, 0.1) is 17.8 Å². The van der Waals surface area contributed by atoms with Crippen LogP contribution in [0.15, 0.2) is 24.3 Å². The molecular formula is C21H30N2. The number of hydrogen-bond donors (Lipinski definition) is 1. The molecule has 0 radical (unpaired) electrons. The summed E-state index contributed by atoms with van der Waals surface area (Å²) in [6.45, 7) is 7.53. The molecule has 4 bridgehead atoms. The van der Waals surface area contributed by atoms with Crippen molar-refractivity contribution in [1.82, 2.24) is 9.88 Å². The first kappa shape index (κ1) is 15.3. The molecule has 6 rings (SSSR count). The molecule has 2 nitrogen and oxygen atoms in total. The van der Waals surface area contributed by atoms with Gasteiger partial charge in [-0.2, -0.15) is 0 Å². The van der Waals surface area contributed by atoms with Crippen LogP contribution in [-0.4, -0.2) is 29.0 Å². The topological polar surface area (TPSA) is 19.0 Å². The highest BCUT2D eigenvalue weighted by Crippen LogP contribution is 2.53. The molecule has 2 heteroatoms. The maximum Gasteiger partial charge on any atom is 0.0459 e. The van der Waals surface area contributed by atoms with Crippen LogP contribution in [0.25, 0.3) is 10.9 Å². The first-order valence-electron chi connectivity index (χ1n) is 9.11. The van der Waals surface area contributed by atoms with Crippen LogP contribution in [0.4, 0.5) is 0 Å². The van der Waals surface area contributed by atoms with Gasteiger partial charge >= 0.3 is 0 Å². The van der Waals surface area contributed by atoms with Crippen molar-refractivity contribution in [2.24, 2.45) is 17.8 Å². The van der Waals surface area contributed by atoms with Crippen molar-refractivity contribution in [3.05, 3.63) is 35.5 Å². The van der Waals surface area contributed by atoms with Gasteiger partial charge in [-0.1, -0.05) is 45.9 Å². The summed E-state index contributed by atoms with van der Waals surface area (Å²) in [6, 6.07) is 9.70. The van der Waals surface area contributed by atoms with E-state index in [4.69, 9.17) is 0 Å². The second kappa shape index (κ2) is 5.37. The van der Waals surface area contributed by atoms with Crippen molar-refractivity contribution in [1.29, 1.82) is 0 Å².